The molecule has 0 aliphatic rings. The van der Waals surface area contributed by atoms with E-state index < -0.39 is 0 Å². The molecule has 0 radical (unpaired) electrons. The number of rotatable bonds is 9. The third kappa shape index (κ3) is 7.21. The smallest absolute Gasteiger partial charge is 0.144 e. The maximum absolute atomic E-state index is 8.66. The molecule has 0 saturated carbocycles. The van der Waals surface area contributed by atoms with Gasteiger partial charge >= 0.3 is 0 Å². The van der Waals surface area contributed by atoms with Crippen molar-refractivity contribution in [1.82, 2.24) is 5.32 Å². The van der Waals surface area contributed by atoms with Crippen molar-refractivity contribution in [3.8, 4) is 0 Å². The Morgan fingerprint density at radius 1 is 1.41 bits per heavy atom. The third-order valence-corrected chi connectivity index (χ3v) is 3.26. The second-order valence-electron chi connectivity index (χ2n) is 5.47. The number of oxime groups is 1. The van der Waals surface area contributed by atoms with Crippen molar-refractivity contribution >= 4 is 5.84 Å². The third-order valence-electron chi connectivity index (χ3n) is 3.26. The highest BCUT2D eigenvalue weighted by molar-refractivity contribution is 5.85. The molecule has 0 aliphatic heterocycles. The van der Waals surface area contributed by atoms with Crippen LogP contribution in [0.1, 0.15) is 59.8 Å². The number of nitrogens with two attached hydrogens (primary N) is 1. The molecule has 0 fully saturated rings. The van der Waals surface area contributed by atoms with E-state index in [1.165, 1.54) is 19.3 Å². The van der Waals surface area contributed by atoms with Gasteiger partial charge in [-0.2, -0.15) is 0 Å². The van der Waals surface area contributed by atoms with Gasteiger partial charge in [0.1, 0.15) is 5.84 Å². The molecule has 0 heterocycles. The molecule has 0 aromatic carbocycles. The van der Waals surface area contributed by atoms with E-state index in [1.54, 1.807) is 0 Å². The molecule has 0 spiro atoms. The lowest BCUT2D eigenvalue weighted by Crippen LogP contribution is -2.33. The number of nitrogens with one attached hydrogen (secondary N) is 1. The predicted molar refractivity (Wildman–Crippen MR) is 73.4 cm³/mol. The van der Waals surface area contributed by atoms with Gasteiger partial charge in [0.2, 0.25) is 0 Å². The first kappa shape index (κ1) is 16.2. The van der Waals surface area contributed by atoms with E-state index in [0.29, 0.717) is 11.9 Å². The van der Waals surface area contributed by atoms with Crippen molar-refractivity contribution < 1.29 is 5.21 Å². The minimum atomic E-state index is -0.219. The van der Waals surface area contributed by atoms with Crippen molar-refractivity contribution in [1.29, 1.82) is 0 Å². The zero-order valence-corrected chi connectivity index (χ0v) is 11.8. The maximum Gasteiger partial charge on any atom is 0.144 e. The van der Waals surface area contributed by atoms with Crippen LogP contribution in [-0.4, -0.2) is 23.6 Å². The lowest BCUT2D eigenvalue weighted by atomic mass is 9.86. The van der Waals surface area contributed by atoms with Crippen molar-refractivity contribution in [3.05, 3.63) is 0 Å². The summed E-state index contributed by atoms with van der Waals surface area (Å²) < 4.78 is 0. The van der Waals surface area contributed by atoms with Gasteiger partial charge < -0.3 is 16.3 Å². The SMILES string of the molecule is CCCCC(C)NCCCC(C)(C)C(N)=NO. The van der Waals surface area contributed by atoms with Crippen LogP contribution in [0.5, 0.6) is 0 Å². The quantitative estimate of drug-likeness (QED) is 0.192. The van der Waals surface area contributed by atoms with Gasteiger partial charge in [-0.3, -0.25) is 0 Å². The standard InChI is InChI=1S/C13H29N3O/c1-5-6-8-11(2)15-10-7-9-13(3,4)12(14)16-17/h11,15,17H,5-10H2,1-4H3,(H2,14,16). The molecule has 0 rings (SSSR count). The molecular formula is C13H29N3O. The Morgan fingerprint density at radius 3 is 2.59 bits per heavy atom. The van der Waals surface area contributed by atoms with Crippen molar-refractivity contribution in [2.75, 3.05) is 6.54 Å². The number of hydrogen-bond donors (Lipinski definition) is 3. The molecule has 102 valence electrons. The van der Waals surface area contributed by atoms with Gasteiger partial charge in [0, 0.05) is 11.5 Å². The number of amidine groups is 1. The summed E-state index contributed by atoms with van der Waals surface area (Å²) in [7, 11) is 0. The molecule has 0 aromatic rings. The molecule has 0 saturated heterocycles. The normalized spacial score (nSPS) is 14.9. The summed E-state index contributed by atoms with van der Waals surface area (Å²) in [5.74, 6) is 0.316. The highest BCUT2D eigenvalue weighted by Gasteiger charge is 2.22. The first-order valence-corrected chi connectivity index (χ1v) is 6.65. The summed E-state index contributed by atoms with van der Waals surface area (Å²) in [6.07, 6.45) is 5.74. The fourth-order valence-electron chi connectivity index (χ4n) is 1.75. The molecule has 0 bridgehead atoms. The van der Waals surface area contributed by atoms with E-state index in [9.17, 15) is 0 Å². The van der Waals surface area contributed by atoms with Gasteiger partial charge in [0.05, 0.1) is 0 Å². The summed E-state index contributed by atoms with van der Waals surface area (Å²) in [5, 5.41) is 15.3. The predicted octanol–water partition coefficient (Wildman–Crippen LogP) is 2.71. The van der Waals surface area contributed by atoms with Crippen LogP contribution < -0.4 is 11.1 Å². The van der Waals surface area contributed by atoms with Crippen LogP contribution in [0.2, 0.25) is 0 Å². The number of nitrogens with zero attached hydrogens (tertiary/aromatic N) is 1. The average molecular weight is 243 g/mol. The maximum atomic E-state index is 8.66. The molecule has 4 heteroatoms. The van der Waals surface area contributed by atoms with Gasteiger partial charge in [0.15, 0.2) is 0 Å². The van der Waals surface area contributed by atoms with Crippen LogP contribution >= 0.6 is 0 Å². The Hall–Kier alpha value is -0.770. The first-order valence-electron chi connectivity index (χ1n) is 6.65. The molecule has 0 amide bonds. The van der Waals surface area contributed by atoms with Crippen molar-refractivity contribution in [2.45, 2.75) is 65.8 Å². The highest BCUT2D eigenvalue weighted by atomic mass is 16.4. The highest BCUT2D eigenvalue weighted by Crippen LogP contribution is 2.21. The summed E-state index contributed by atoms with van der Waals surface area (Å²) >= 11 is 0. The molecule has 4 N–H and O–H groups in total. The van der Waals surface area contributed by atoms with Gasteiger partial charge in [-0.1, -0.05) is 38.8 Å². The Balaban J connectivity index is 3.70. The van der Waals surface area contributed by atoms with E-state index >= 15 is 0 Å². The number of hydrogen-bond acceptors (Lipinski definition) is 3. The zero-order valence-electron chi connectivity index (χ0n) is 11.8. The minimum absolute atomic E-state index is 0.219. The summed E-state index contributed by atoms with van der Waals surface area (Å²) in [4.78, 5) is 0. The molecule has 4 nitrogen and oxygen atoms in total. The van der Waals surface area contributed by atoms with Crippen LogP contribution in [-0.2, 0) is 0 Å². The van der Waals surface area contributed by atoms with E-state index in [1.807, 2.05) is 13.8 Å². The van der Waals surface area contributed by atoms with Gasteiger partial charge in [0.25, 0.3) is 0 Å². The second kappa shape index (κ2) is 8.34. The number of unbranched alkanes of at least 4 members (excludes halogenated alkanes) is 1. The summed E-state index contributed by atoms with van der Waals surface area (Å²) in [6.45, 7) is 9.44. The van der Waals surface area contributed by atoms with Crippen LogP contribution in [0.3, 0.4) is 0 Å². The van der Waals surface area contributed by atoms with Crippen LogP contribution in [0, 0.1) is 5.41 Å². The zero-order chi connectivity index (χ0) is 13.3. The molecule has 17 heavy (non-hydrogen) atoms. The lowest BCUT2D eigenvalue weighted by Gasteiger charge is -2.23. The lowest BCUT2D eigenvalue weighted by molar-refractivity contribution is 0.304. The van der Waals surface area contributed by atoms with E-state index in [2.05, 4.69) is 24.3 Å². The molecule has 0 aromatic heterocycles. The fourth-order valence-corrected chi connectivity index (χ4v) is 1.75. The summed E-state index contributed by atoms with van der Waals surface area (Å²) in [6, 6.07) is 0.585. The Bertz CT molecular complexity index is 227. The molecule has 1 atom stereocenters. The van der Waals surface area contributed by atoms with Gasteiger partial charge in [-0.15, -0.1) is 0 Å². The fraction of sp³-hybridized carbons (Fsp3) is 0.923. The van der Waals surface area contributed by atoms with Crippen molar-refractivity contribution in [2.24, 2.45) is 16.3 Å². The van der Waals surface area contributed by atoms with Gasteiger partial charge in [-0.25, -0.2) is 0 Å². The van der Waals surface area contributed by atoms with E-state index in [0.717, 1.165) is 19.4 Å². The van der Waals surface area contributed by atoms with E-state index in [-0.39, 0.29) is 5.41 Å². The second-order valence-corrected chi connectivity index (χ2v) is 5.47. The van der Waals surface area contributed by atoms with Crippen LogP contribution in [0.25, 0.3) is 0 Å². The topological polar surface area (TPSA) is 70.6 Å². The molecule has 1 unspecified atom stereocenters. The van der Waals surface area contributed by atoms with Crippen LogP contribution in [0.4, 0.5) is 0 Å². The summed E-state index contributed by atoms with van der Waals surface area (Å²) in [5.41, 5.74) is 5.42. The first-order chi connectivity index (χ1) is 7.94. The van der Waals surface area contributed by atoms with Crippen LogP contribution in [0.15, 0.2) is 5.16 Å². The largest absolute Gasteiger partial charge is 0.409 e. The Morgan fingerprint density at radius 2 is 2.06 bits per heavy atom. The Labute approximate surface area is 106 Å². The van der Waals surface area contributed by atoms with Crippen molar-refractivity contribution in [3.63, 3.8) is 0 Å². The Kier molecular flexibility index (Phi) is 7.96. The molecule has 0 aliphatic carbocycles. The van der Waals surface area contributed by atoms with Gasteiger partial charge in [-0.05, 0) is 32.7 Å². The minimum Gasteiger partial charge on any atom is -0.409 e. The van der Waals surface area contributed by atoms with E-state index in [4.69, 9.17) is 10.9 Å². The molecular weight excluding hydrogens is 214 g/mol. The monoisotopic (exact) mass is 243 g/mol. The average Bonchev–Trinajstić information content (AvgIpc) is 2.30.